The lowest BCUT2D eigenvalue weighted by Gasteiger charge is -2.11. The topological polar surface area (TPSA) is 66.6 Å². The molecule has 0 bridgehead atoms. The Morgan fingerprint density at radius 2 is 1.91 bits per heavy atom. The molecular formula is C16H15Cl2N3O2. The summed E-state index contributed by atoms with van der Waals surface area (Å²) in [5, 5.41) is 13.5. The first-order valence-corrected chi connectivity index (χ1v) is 7.18. The second-order valence-corrected chi connectivity index (χ2v) is 5.48. The summed E-state index contributed by atoms with van der Waals surface area (Å²) in [5.41, 5.74) is 0.869. The van der Waals surface area contributed by atoms with Gasteiger partial charge in [-0.1, -0.05) is 36.7 Å². The monoisotopic (exact) mass is 351 g/mol. The summed E-state index contributed by atoms with van der Waals surface area (Å²) in [6.45, 7) is -0.430. The maximum absolute atomic E-state index is 12.4. The first-order chi connectivity index (χ1) is 10.6. The van der Waals surface area contributed by atoms with E-state index in [9.17, 15) is 9.90 Å². The third-order valence-electron chi connectivity index (χ3n) is 3.13. The molecular weight excluding hydrogens is 337 g/mol. The standard InChI is InChI=1S/C15H11Cl2N3O2.CH4/c16-9-2-1-3-11(6-9)18-14-12(8-21)15(22)20-5-4-10(17)7-13(20)19-14;/h1-7,18,21H,8H2;1H4. The molecule has 0 spiro atoms. The number of hydrogen-bond donors (Lipinski definition) is 2. The number of nitrogens with one attached hydrogen (secondary N) is 1. The van der Waals surface area contributed by atoms with Gasteiger partial charge in [-0.05, 0) is 24.3 Å². The lowest BCUT2D eigenvalue weighted by atomic mass is 10.2. The van der Waals surface area contributed by atoms with E-state index in [0.29, 0.717) is 21.4 Å². The Balaban J connectivity index is 0.00000192. The van der Waals surface area contributed by atoms with E-state index < -0.39 is 6.61 Å². The Labute approximate surface area is 143 Å². The summed E-state index contributed by atoms with van der Waals surface area (Å²) in [6.07, 6.45) is 1.52. The molecule has 0 amide bonds. The zero-order valence-corrected chi connectivity index (χ0v) is 12.8. The van der Waals surface area contributed by atoms with Crippen molar-refractivity contribution >= 4 is 40.4 Å². The molecule has 120 valence electrons. The number of pyridine rings is 1. The van der Waals surface area contributed by atoms with Crippen molar-refractivity contribution < 1.29 is 5.11 Å². The fourth-order valence-corrected chi connectivity index (χ4v) is 2.44. The van der Waals surface area contributed by atoms with Gasteiger partial charge in [-0.25, -0.2) is 4.98 Å². The van der Waals surface area contributed by atoms with Crippen LogP contribution in [-0.2, 0) is 6.61 Å². The molecule has 2 N–H and O–H groups in total. The van der Waals surface area contributed by atoms with E-state index >= 15 is 0 Å². The van der Waals surface area contributed by atoms with Gasteiger partial charge in [-0.2, -0.15) is 0 Å². The van der Waals surface area contributed by atoms with Gasteiger partial charge in [0.1, 0.15) is 11.5 Å². The average Bonchev–Trinajstić information content (AvgIpc) is 2.47. The van der Waals surface area contributed by atoms with Crippen molar-refractivity contribution in [2.45, 2.75) is 14.0 Å². The van der Waals surface area contributed by atoms with Gasteiger partial charge in [0.25, 0.3) is 5.56 Å². The number of aliphatic hydroxyl groups is 1. The van der Waals surface area contributed by atoms with E-state index in [0.717, 1.165) is 0 Å². The predicted octanol–water partition coefficient (Wildman–Crippen LogP) is 3.87. The minimum atomic E-state index is -0.430. The summed E-state index contributed by atoms with van der Waals surface area (Å²) in [6, 6.07) is 10.2. The smallest absolute Gasteiger partial charge is 0.265 e. The first-order valence-electron chi connectivity index (χ1n) is 6.43. The van der Waals surface area contributed by atoms with E-state index in [4.69, 9.17) is 23.2 Å². The summed E-state index contributed by atoms with van der Waals surface area (Å²) in [7, 11) is 0. The highest BCUT2D eigenvalue weighted by molar-refractivity contribution is 6.31. The maximum Gasteiger partial charge on any atom is 0.265 e. The van der Waals surface area contributed by atoms with Crippen molar-refractivity contribution in [3.05, 3.63) is 68.6 Å². The number of fused-ring (bicyclic) bond motifs is 1. The number of aromatic nitrogens is 2. The second-order valence-electron chi connectivity index (χ2n) is 4.61. The van der Waals surface area contributed by atoms with Crippen LogP contribution in [0.4, 0.5) is 11.5 Å². The Bertz CT molecular complexity index is 909. The Morgan fingerprint density at radius 1 is 1.17 bits per heavy atom. The summed E-state index contributed by atoms with van der Waals surface area (Å²) in [4.78, 5) is 16.8. The largest absolute Gasteiger partial charge is 0.391 e. The molecule has 2 heterocycles. The van der Waals surface area contributed by atoms with Gasteiger partial charge in [0.2, 0.25) is 0 Å². The lowest BCUT2D eigenvalue weighted by molar-refractivity contribution is 0.280. The van der Waals surface area contributed by atoms with Crippen LogP contribution in [0, 0.1) is 0 Å². The molecule has 7 heteroatoms. The van der Waals surface area contributed by atoms with Gasteiger partial charge in [0.15, 0.2) is 0 Å². The molecule has 1 aromatic carbocycles. The molecule has 0 saturated heterocycles. The van der Waals surface area contributed by atoms with E-state index in [1.807, 2.05) is 0 Å². The average molecular weight is 352 g/mol. The number of hydrogen-bond acceptors (Lipinski definition) is 4. The maximum atomic E-state index is 12.4. The normalized spacial score (nSPS) is 10.4. The number of rotatable bonds is 3. The van der Waals surface area contributed by atoms with Crippen LogP contribution in [0.2, 0.25) is 10.0 Å². The van der Waals surface area contributed by atoms with Gasteiger partial charge in [0, 0.05) is 28.0 Å². The third kappa shape index (κ3) is 3.47. The third-order valence-corrected chi connectivity index (χ3v) is 3.60. The van der Waals surface area contributed by atoms with Crippen LogP contribution >= 0.6 is 23.2 Å². The number of benzene rings is 1. The first kappa shape index (κ1) is 17.3. The van der Waals surface area contributed by atoms with Crippen LogP contribution in [0.15, 0.2) is 47.4 Å². The highest BCUT2D eigenvalue weighted by Crippen LogP contribution is 2.21. The fourth-order valence-electron chi connectivity index (χ4n) is 2.10. The van der Waals surface area contributed by atoms with Gasteiger partial charge >= 0.3 is 0 Å². The zero-order valence-electron chi connectivity index (χ0n) is 11.3. The number of nitrogens with zero attached hydrogens (tertiary/aromatic N) is 2. The number of halogens is 2. The molecule has 0 aliphatic carbocycles. The molecule has 3 rings (SSSR count). The molecule has 0 aliphatic heterocycles. The molecule has 23 heavy (non-hydrogen) atoms. The minimum Gasteiger partial charge on any atom is -0.391 e. The highest BCUT2D eigenvalue weighted by atomic mass is 35.5. The minimum absolute atomic E-state index is 0. The van der Waals surface area contributed by atoms with Crippen LogP contribution in [0.5, 0.6) is 0 Å². The van der Waals surface area contributed by atoms with Crippen molar-refractivity contribution in [1.82, 2.24) is 9.38 Å². The molecule has 0 radical (unpaired) electrons. The highest BCUT2D eigenvalue weighted by Gasteiger charge is 2.12. The molecule has 2 aromatic heterocycles. The van der Waals surface area contributed by atoms with E-state index in [1.165, 1.54) is 10.6 Å². The van der Waals surface area contributed by atoms with Gasteiger partial charge < -0.3 is 10.4 Å². The van der Waals surface area contributed by atoms with E-state index in [2.05, 4.69) is 10.3 Å². The van der Waals surface area contributed by atoms with Crippen LogP contribution in [-0.4, -0.2) is 14.5 Å². The SMILES string of the molecule is C.O=c1c(CO)c(Nc2cccc(Cl)c2)nc2cc(Cl)ccn12. The molecule has 0 unspecified atom stereocenters. The predicted molar refractivity (Wildman–Crippen MR) is 93.9 cm³/mol. The number of aliphatic hydroxyl groups excluding tert-OH is 1. The van der Waals surface area contributed by atoms with Crippen molar-refractivity contribution in [3.8, 4) is 0 Å². The summed E-state index contributed by atoms with van der Waals surface area (Å²) < 4.78 is 1.33. The lowest BCUT2D eigenvalue weighted by Crippen LogP contribution is -2.21. The Kier molecular flexibility index (Phi) is 5.26. The fraction of sp³-hybridized carbons (Fsp3) is 0.125. The van der Waals surface area contributed by atoms with Crippen LogP contribution in [0.1, 0.15) is 13.0 Å². The molecule has 0 atom stereocenters. The molecule has 0 fully saturated rings. The Hall–Kier alpha value is -2.08. The molecule has 0 aliphatic rings. The van der Waals surface area contributed by atoms with Crippen molar-refractivity contribution in [2.24, 2.45) is 0 Å². The van der Waals surface area contributed by atoms with Gasteiger partial charge in [-0.15, -0.1) is 0 Å². The van der Waals surface area contributed by atoms with Gasteiger partial charge in [-0.3, -0.25) is 9.20 Å². The molecule has 5 nitrogen and oxygen atoms in total. The van der Waals surface area contributed by atoms with Crippen molar-refractivity contribution in [2.75, 3.05) is 5.32 Å². The van der Waals surface area contributed by atoms with E-state index in [1.54, 1.807) is 36.4 Å². The van der Waals surface area contributed by atoms with Crippen LogP contribution in [0.25, 0.3) is 5.65 Å². The zero-order chi connectivity index (χ0) is 15.7. The summed E-state index contributed by atoms with van der Waals surface area (Å²) >= 11 is 11.9. The summed E-state index contributed by atoms with van der Waals surface area (Å²) in [5.74, 6) is 0.275. The molecule has 0 saturated carbocycles. The second kappa shape index (κ2) is 7.00. The quantitative estimate of drug-likeness (QED) is 0.751. The Morgan fingerprint density at radius 3 is 2.61 bits per heavy atom. The molecule has 3 aromatic rings. The van der Waals surface area contributed by atoms with E-state index in [-0.39, 0.29) is 24.4 Å². The number of anilines is 2. The van der Waals surface area contributed by atoms with Crippen LogP contribution in [0.3, 0.4) is 0 Å². The van der Waals surface area contributed by atoms with Crippen molar-refractivity contribution in [1.29, 1.82) is 0 Å². The van der Waals surface area contributed by atoms with Gasteiger partial charge in [0.05, 0.1) is 12.2 Å². The van der Waals surface area contributed by atoms with Crippen LogP contribution < -0.4 is 10.9 Å². The van der Waals surface area contributed by atoms with Crippen molar-refractivity contribution in [3.63, 3.8) is 0 Å².